The van der Waals surface area contributed by atoms with E-state index < -0.39 is 0 Å². The molecule has 1 aromatic carbocycles. The van der Waals surface area contributed by atoms with Gasteiger partial charge in [0.25, 0.3) is 0 Å². The zero-order chi connectivity index (χ0) is 14.6. The summed E-state index contributed by atoms with van der Waals surface area (Å²) in [5.41, 5.74) is 1.07. The molecule has 0 saturated heterocycles. The van der Waals surface area contributed by atoms with Gasteiger partial charge in [0, 0.05) is 31.9 Å². The molecule has 106 valence electrons. The van der Waals surface area contributed by atoms with Crippen LogP contribution in [0.15, 0.2) is 24.3 Å². The predicted molar refractivity (Wildman–Crippen MR) is 78.9 cm³/mol. The van der Waals surface area contributed by atoms with Crippen LogP contribution in [-0.2, 0) is 0 Å². The summed E-state index contributed by atoms with van der Waals surface area (Å²) in [6.45, 7) is 7.93. The predicted octanol–water partition coefficient (Wildman–Crippen LogP) is 3.37. The van der Waals surface area contributed by atoms with Crippen LogP contribution in [0.25, 0.3) is 0 Å². The Bertz CT molecular complexity index is 403. The van der Waals surface area contributed by atoms with Crippen molar-refractivity contribution in [2.45, 2.75) is 39.8 Å². The Labute approximate surface area is 116 Å². The number of carbonyl (C=O) groups excluding carboxylic acids is 1. The Hall–Kier alpha value is -1.71. The second-order valence-corrected chi connectivity index (χ2v) is 5.35. The summed E-state index contributed by atoms with van der Waals surface area (Å²) >= 11 is 0. The Morgan fingerprint density at radius 3 is 1.84 bits per heavy atom. The molecule has 19 heavy (non-hydrogen) atoms. The SMILES string of the molecule is CC(C)N(C(=O)Oc1ccc(N(C)C)cc1)C(C)C. The highest BCUT2D eigenvalue weighted by molar-refractivity contribution is 5.71. The number of amides is 1. The third-order valence-electron chi connectivity index (χ3n) is 2.88. The van der Waals surface area contributed by atoms with Crippen LogP contribution in [0.3, 0.4) is 0 Å². The summed E-state index contributed by atoms with van der Waals surface area (Å²) in [7, 11) is 3.94. The smallest absolute Gasteiger partial charge is 0.410 e. The fourth-order valence-corrected chi connectivity index (χ4v) is 1.98. The molecule has 0 spiro atoms. The van der Waals surface area contributed by atoms with E-state index in [0.29, 0.717) is 5.75 Å². The second-order valence-electron chi connectivity index (χ2n) is 5.35. The highest BCUT2D eigenvalue weighted by Crippen LogP contribution is 2.19. The zero-order valence-corrected chi connectivity index (χ0v) is 12.7. The minimum absolute atomic E-state index is 0.119. The van der Waals surface area contributed by atoms with E-state index in [2.05, 4.69) is 0 Å². The minimum Gasteiger partial charge on any atom is -0.410 e. The van der Waals surface area contributed by atoms with Crippen LogP contribution in [0, 0.1) is 0 Å². The lowest BCUT2D eigenvalue weighted by Gasteiger charge is -2.29. The highest BCUT2D eigenvalue weighted by atomic mass is 16.6. The van der Waals surface area contributed by atoms with E-state index in [1.165, 1.54) is 0 Å². The first-order chi connectivity index (χ1) is 8.82. The van der Waals surface area contributed by atoms with E-state index in [0.717, 1.165) is 5.69 Å². The van der Waals surface area contributed by atoms with Crippen LogP contribution in [0.1, 0.15) is 27.7 Å². The van der Waals surface area contributed by atoms with Gasteiger partial charge in [0.1, 0.15) is 5.75 Å². The van der Waals surface area contributed by atoms with Crippen LogP contribution in [-0.4, -0.2) is 37.2 Å². The van der Waals surface area contributed by atoms with Crippen molar-refractivity contribution in [2.75, 3.05) is 19.0 Å². The number of nitrogens with zero attached hydrogens (tertiary/aromatic N) is 2. The second kappa shape index (κ2) is 6.45. The van der Waals surface area contributed by atoms with Crippen molar-refractivity contribution < 1.29 is 9.53 Å². The maximum atomic E-state index is 12.1. The molecule has 4 nitrogen and oxygen atoms in total. The van der Waals surface area contributed by atoms with Crippen molar-refractivity contribution in [3.8, 4) is 5.75 Å². The molecule has 0 fully saturated rings. The first-order valence-corrected chi connectivity index (χ1v) is 6.60. The number of hydrogen-bond acceptors (Lipinski definition) is 3. The van der Waals surface area contributed by atoms with Gasteiger partial charge in [-0.25, -0.2) is 4.79 Å². The first kappa shape index (κ1) is 15.3. The van der Waals surface area contributed by atoms with Crippen LogP contribution in [0.2, 0.25) is 0 Å². The molecule has 0 atom stereocenters. The maximum absolute atomic E-state index is 12.1. The van der Waals surface area contributed by atoms with Crippen molar-refractivity contribution in [1.29, 1.82) is 0 Å². The summed E-state index contributed by atoms with van der Waals surface area (Å²) in [4.78, 5) is 15.8. The van der Waals surface area contributed by atoms with Gasteiger partial charge in [-0.2, -0.15) is 0 Å². The third kappa shape index (κ3) is 4.16. The minimum atomic E-state index is -0.303. The number of benzene rings is 1. The van der Waals surface area contributed by atoms with E-state index in [-0.39, 0.29) is 18.2 Å². The van der Waals surface area contributed by atoms with Gasteiger partial charge in [0.05, 0.1) is 0 Å². The molecule has 1 amide bonds. The fourth-order valence-electron chi connectivity index (χ4n) is 1.98. The number of anilines is 1. The van der Waals surface area contributed by atoms with Crippen molar-refractivity contribution in [3.05, 3.63) is 24.3 Å². The summed E-state index contributed by atoms with van der Waals surface area (Å²) < 4.78 is 5.40. The van der Waals surface area contributed by atoms with Crippen LogP contribution in [0.4, 0.5) is 10.5 Å². The molecule has 0 aliphatic heterocycles. The van der Waals surface area contributed by atoms with Gasteiger partial charge in [-0.15, -0.1) is 0 Å². The van der Waals surface area contributed by atoms with Gasteiger partial charge in [0.15, 0.2) is 0 Å². The molecule has 0 aromatic heterocycles. The van der Waals surface area contributed by atoms with Gasteiger partial charge < -0.3 is 14.5 Å². The number of ether oxygens (including phenoxy) is 1. The average molecular weight is 264 g/mol. The Kier molecular flexibility index (Phi) is 5.21. The Morgan fingerprint density at radius 1 is 1.00 bits per heavy atom. The number of carbonyl (C=O) groups is 1. The summed E-state index contributed by atoms with van der Waals surface area (Å²) in [6.07, 6.45) is -0.303. The summed E-state index contributed by atoms with van der Waals surface area (Å²) in [5, 5.41) is 0. The van der Waals surface area contributed by atoms with Gasteiger partial charge >= 0.3 is 6.09 Å². The number of hydrogen-bond donors (Lipinski definition) is 0. The average Bonchev–Trinajstić information content (AvgIpc) is 2.28. The molecule has 0 aliphatic carbocycles. The molecular weight excluding hydrogens is 240 g/mol. The standard InChI is InChI=1S/C15H24N2O2/c1-11(2)17(12(3)4)15(18)19-14-9-7-13(8-10-14)16(5)6/h7-12H,1-6H3. The van der Waals surface area contributed by atoms with Crippen molar-refractivity contribution in [3.63, 3.8) is 0 Å². The lowest BCUT2D eigenvalue weighted by molar-refractivity contribution is 0.122. The molecule has 0 saturated carbocycles. The van der Waals surface area contributed by atoms with Gasteiger partial charge in [0.2, 0.25) is 0 Å². The number of rotatable bonds is 4. The zero-order valence-electron chi connectivity index (χ0n) is 12.7. The van der Waals surface area contributed by atoms with E-state index in [1.807, 2.05) is 71.0 Å². The van der Waals surface area contributed by atoms with Crippen LogP contribution < -0.4 is 9.64 Å². The third-order valence-corrected chi connectivity index (χ3v) is 2.88. The van der Waals surface area contributed by atoms with E-state index in [9.17, 15) is 4.79 Å². The van der Waals surface area contributed by atoms with E-state index >= 15 is 0 Å². The van der Waals surface area contributed by atoms with Crippen molar-refractivity contribution >= 4 is 11.8 Å². The molecule has 0 unspecified atom stereocenters. The topological polar surface area (TPSA) is 32.8 Å². The lowest BCUT2D eigenvalue weighted by Crippen LogP contribution is -2.43. The quantitative estimate of drug-likeness (QED) is 0.836. The van der Waals surface area contributed by atoms with Gasteiger partial charge in [-0.1, -0.05) is 0 Å². The lowest BCUT2D eigenvalue weighted by atomic mass is 10.2. The van der Waals surface area contributed by atoms with E-state index in [1.54, 1.807) is 4.90 Å². The molecule has 0 bridgehead atoms. The van der Waals surface area contributed by atoms with Crippen LogP contribution in [0.5, 0.6) is 5.75 Å². The monoisotopic (exact) mass is 264 g/mol. The highest BCUT2D eigenvalue weighted by Gasteiger charge is 2.21. The Morgan fingerprint density at radius 2 is 1.47 bits per heavy atom. The molecule has 0 radical (unpaired) electrons. The normalized spacial score (nSPS) is 10.7. The molecule has 4 heteroatoms. The molecule has 1 rings (SSSR count). The molecule has 0 N–H and O–H groups in total. The molecule has 1 aromatic rings. The van der Waals surface area contributed by atoms with Gasteiger partial charge in [-0.3, -0.25) is 0 Å². The van der Waals surface area contributed by atoms with Gasteiger partial charge in [-0.05, 0) is 52.0 Å². The first-order valence-electron chi connectivity index (χ1n) is 6.60. The molecule has 0 heterocycles. The van der Waals surface area contributed by atoms with Crippen molar-refractivity contribution in [1.82, 2.24) is 4.90 Å². The van der Waals surface area contributed by atoms with E-state index in [4.69, 9.17) is 4.74 Å². The fraction of sp³-hybridized carbons (Fsp3) is 0.533. The maximum Gasteiger partial charge on any atom is 0.415 e. The molecular formula is C15H24N2O2. The molecule has 0 aliphatic rings. The van der Waals surface area contributed by atoms with Crippen LogP contribution >= 0.6 is 0 Å². The summed E-state index contributed by atoms with van der Waals surface area (Å²) in [6, 6.07) is 7.72. The summed E-state index contributed by atoms with van der Waals surface area (Å²) in [5.74, 6) is 0.571. The van der Waals surface area contributed by atoms with Crippen molar-refractivity contribution in [2.24, 2.45) is 0 Å². The largest absolute Gasteiger partial charge is 0.415 e. The Balaban J connectivity index is 2.75.